The van der Waals surface area contributed by atoms with Crippen LogP contribution in [0.2, 0.25) is 0 Å². The van der Waals surface area contributed by atoms with Gasteiger partial charge in [-0.1, -0.05) is 0 Å². The van der Waals surface area contributed by atoms with Crippen molar-refractivity contribution in [3.05, 3.63) is 0 Å². The second kappa shape index (κ2) is 2.37. The minimum absolute atomic E-state index is 0.160. The van der Waals surface area contributed by atoms with Gasteiger partial charge < -0.3 is 0 Å². The molecule has 0 aromatic heterocycles. The van der Waals surface area contributed by atoms with Gasteiger partial charge in [-0.25, -0.2) is 4.39 Å². The van der Waals surface area contributed by atoms with E-state index in [1.807, 2.05) is 0 Å². The molecule has 4 aliphatic rings. The van der Waals surface area contributed by atoms with Gasteiger partial charge in [0.25, 0.3) is 0 Å². The zero-order chi connectivity index (χ0) is 8.29. The summed E-state index contributed by atoms with van der Waals surface area (Å²) in [5.74, 6) is 2.06. The summed E-state index contributed by atoms with van der Waals surface area (Å²) in [6.45, 7) is 0. The molecule has 12 heavy (non-hydrogen) atoms. The Labute approximate surface area is 77.5 Å². The lowest BCUT2D eigenvalue weighted by molar-refractivity contribution is -0.0481. The Morgan fingerprint density at radius 3 is 2.58 bits per heavy atom. The SMILES string of the molecule is F[C@@H]1[C@@H]2CC3C[C@@H](C2)[C@H](Cl)[C@@H]1C3. The second-order valence-electron chi connectivity index (χ2n) is 4.88. The van der Waals surface area contributed by atoms with Gasteiger partial charge in [0.1, 0.15) is 6.17 Å². The monoisotopic (exact) mass is 188 g/mol. The normalized spacial score (nSPS) is 62.5. The van der Waals surface area contributed by atoms with E-state index in [0.717, 1.165) is 25.2 Å². The smallest absolute Gasteiger partial charge is 0.107 e. The van der Waals surface area contributed by atoms with E-state index in [4.69, 9.17) is 11.6 Å². The Morgan fingerprint density at radius 2 is 1.75 bits per heavy atom. The lowest BCUT2D eigenvalue weighted by Gasteiger charge is -2.54. The zero-order valence-corrected chi connectivity index (χ0v) is 7.80. The fraction of sp³-hybridized carbons (Fsp3) is 1.00. The summed E-state index contributed by atoms with van der Waals surface area (Å²) in [6, 6.07) is 0. The molecule has 0 nitrogen and oxygen atoms in total. The number of hydrogen-bond donors (Lipinski definition) is 0. The fourth-order valence-corrected chi connectivity index (χ4v) is 4.21. The van der Waals surface area contributed by atoms with Crippen LogP contribution in [-0.2, 0) is 0 Å². The summed E-state index contributed by atoms with van der Waals surface area (Å²) in [4.78, 5) is 0. The molecule has 0 aromatic rings. The van der Waals surface area contributed by atoms with Crippen molar-refractivity contribution in [2.45, 2.75) is 37.2 Å². The van der Waals surface area contributed by atoms with Crippen LogP contribution < -0.4 is 0 Å². The quantitative estimate of drug-likeness (QED) is 0.513. The van der Waals surface area contributed by atoms with Gasteiger partial charge in [-0.15, -0.1) is 11.6 Å². The van der Waals surface area contributed by atoms with Crippen LogP contribution in [0.1, 0.15) is 25.7 Å². The lowest BCUT2D eigenvalue weighted by Crippen LogP contribution is -2.52. The Bertz CT molecular complexity index is 188. The van der Waals surface area contributed by atoms with E-state index in [2.05, 4.69) is 0 Å². The van der Waals surface area contributed by atoms with Gasteiger partial charge in [0, 0.05) is 11.3 Å². The molecular formula is C10H14ClF. The maximum absolute atomic E-state index is 13.7. The summed E-state index contributed by atoms with van der Waals surface area (Å²) >= 11 is 6.23. The number of alkyl halides is 2. The van der Waals surface area contributed by atoms with Gasteiger partial charge >= 0.3 is 0 Å². The van der Waals surface area contributed by atoms with Crippen LogP contribution in [-0.4, -0.2) is 11.5 Å². The predicted octanol–water partition coefficient (Wildman–Crippen LogP) is 3.00. The molecule has 0 aliphatic heterocycles. The van der Waals surface area contributed by atoms with Crippen LogP contribution in [0, 0.1) is 23.7 Å². The molecule has 0 N–H and O–H groups in total. The first-order chi connectivity index (χ1) is 5.75. The molecule has 0 saturated heterocycles. The minimum atomic E-state index is -0.569. The lowest BCUT2D eigenvalue weighted by atomic mass is 9.55. The maximum Gasteiger partial charge on any atom is 0.107 e. The molecule has 68 valence electrons. The molecule has 0 spiro atoms. The van der Waals surface area contributed by atoms with Crippen molar-refractivity contribution >= 4 is 11.6 Å². The molecule has 4 rings (SSSR count). The fourth-order valence-electron chi connectivity index (χ4n) is 3.77. The van der Waals surface area contributed by atoms with Gasteiger partial charge in [-0.3, -0.25) is 0 Å². The highest BCUT2D eigenvalue weighted by Gasteiger charge is 2.53. The highest BCUT2D eigenvalue weighted by molar-refractivity contribution is 6.21. The highest BCUT2D eigenvalue weighted by atomic mass is 35.5. The van der Waals surface area contributed by atoms with Crippen molar-refractivity contribution in [2.24, 2.45) is 23.7 Å². The van der Waals surface area contributed by atoms with E-state index in [1.165, 1.54) is 6.42 Å². The van der Waals surface area contributed by atoms with Crippen LogP contribution in [0.4, 0.5) is 4.39 Å². The largest absolute Gasteiger partial charge is 0.247 e. The first-order valence-electron chi connectivity index (χ1n) is 5.04. The van der Waals surface area contributed by atoms with E-state index >= 15 is 0 Å². The summed E-state index contributed by atoms with van der Waals surface area (Å²) in [5, 5.41) is 0.160. The van der Waals surface area contributed by atoms with Gasteiger partial charge in [0.15, 0.2) is 0 Å². The Kier molecular flexibility index (Phi) is 1.50. The molecule has 1 unspecified atom stereocenters. The summed E-state index contributed by atoms with van der Waals surface area (Å²) < 4.78 is 13.7. The second-order valence-corrected chi connectivity index (χ2v) is 5.39. The van der Waals surface area contributed by atoms with Gasteiger partial charge in [0.05, 0.1) is 0 Å². The Balaban J connectivity index is 1.93. The number of halogens is 2. The van der Waals surface area contributed by atoms with Crippen molar-refractivity contribution in [2.75, 3.05) is 0 Å². The summed E-state index contributed by atoms with van der Waals surface area (Å²) in [6.07, 6.45) is 4.01. The van der Waals surface area contributed by atoms with Gasteiger partial charge in [0.2, 0.25) is 0 Å². The standard InChI is InChI=1S/C10H14ClF/c11-9-6-1-5-2-7(4-6)10(12)8(9)3-5/h5-10H,1-4H2/t5?,6-,7+,8-,9-,10+/m0/s1. The Morgan fingerprint density at radius 1 is 1.00 bits per heavy atom. The van der Waals surface area contributed by atoms with Crippen LogP contribution >= 0.6 is 11.6 Å². The minimum Gasteiger partial charge on any atom is -0.247 e. The average molecular weight is 189 g/mol. The third-order valence-electron chi connectivity index (χ3n) is 4.20. The molecule has 0 heterocycles. The molecule has 0 aromatic carbocycles. The molecule has 0 radical (unpaired) electrons. The predicted molar refractivity (Wildman–Crippen MR) is 47.0 cm³/mol. The van der Waals surface area contributed by atoms with Crippen molar-refractivity contribution in [1.82, 2.24) is 0 Å². The molecule has 4 saturated carbocycles. The maximum atomic E-state index is 13.7. The average Bonchev–Trinajstić information content (AvgIpc) is 2.07. The van der Waals surface area contributed by atoms with Crippen LogP contribution in [0.25, 0.3) is 0 Å². The van der Waals surface area contributed by atoms with E-state index in [0.29, 0.717) is 11.8 Å². The topological polar surface area (TPSA) is 0 Å². The van der Waals surface area contributed by atoms with E-state index in [1.54, 1.807) is 0 Å². The number of hydrogen-bond acceptors (Lipinski definition) is 0. The Hall–Kier alpha value is 0.220. The van der Waals surface area contributed by atoms with E-state index in [9.17, 15) is 4.39 Å². The first kappa shape index (κ1) is 7.61. The third-order valence-corrected chi connectivity index (χ3v) is 4.88. The first-order valence-corrected chi connectivity index (χ1v) is 5.47. The van der Waals surface area contributed by atoms with Crippen LogP contribution in [0.15, 0.2) is 0 Å². The van der Waals surface area contributed by atoms with Crippen molar-refractivity contribution in [3.63, 3.8) is 0 Å². The molecule has 4 aliphatic carbocycles. The molecule has 4 bridgehead atoms. The summed E-state index contributed by atoms with van der Waals surface area (Å²) in [7, 11) is 0. The summed E-state index contributed by atoms with van der Waals surface area (Å²) in [5.41, 5.74) is 0. The van der Waals surface area contributed by atoms with Gasteiger partial charge in [-0.2, -0.15) is 0 Å². The van der Waals surface area contributed by atoms with E-state index < -0.39 is 6.17 Å². The molecule has 0 amide bonds. The third kappa shape index (κ3) is 0.837. The molecular weight excluding hydrogens is 175 g/mol. The molecule has 2 heteroatoms. The number of rotatable bonds is 0. The van der Waals surface area contributed by atoms with E-state index in [-0.39, 0.29) is 11.3 Å². The van der Waals surface area contributed by atoms with Crippen molar-refractivity contribution in [1.29, 1.82) is 0 Å². The molecule has 6 atom stereocenters. The van der Waals surface area contributed by atoms with Crippen LogP contribution in [0.3, 0.4) is 0 Å². The molecule has 4 fully saturated rings. The van der Waals surface area contributed by atoms with Gasteiger partial charge in [-0.05, 0) is 43.4 Å². The highest BCUT2D eigenvalue weighted by Crippen LogP contribution is 2.56. The van der Waals surface area contributed by atoms with Crippen molar-refractivity contribution < 1.29 is 4.39 Å². The van der Waals surface area contributed by atoms with Crippen molar-refractivity contribution in [3.8, 4) is 0 Å². The zero-order valence-electron chi connectivity index (χ0n) is 7.05. The van der Waals surface area contributed by atoms with Crippen LogP contribution in [0.5, 0.6) is 0 Å².